The highest BCUT2D eigenvalue weighted by molar-refractivity contribution is 5.37. The van der Waals surface area contributed by atoms with Gasteiger partial charge in [-0.25, -0.2) is 14.4 Å². The number of aromatic nitrogens is 2. The van der Waals surface area contributed by atoms with Crippen LogP contribution in [0.4, 0.5) is 10.3 Å². The van der Waals surface area contributed by atoms with Crippen molar-refractivity contribution in [2.45, 2.75) is 37.7 Å². The number of ether oxygens (including phenoxy) is 3. The lowest BCUT2D eigenvalue weighted by molar-refractivity contribution is -0.117. The average Bonchev–Trinajstić information content (AvgIpc) is 2.65. The van der Waals surface area contributed by atoms with E-state index in [-0.39, 0.29) is 5.60 Å². The van der Waals surface area contributed by atoms with Crippen molar-refractivity contribution in [3.63, 3.8) is 0 Å². The first kappa shape index (κ1) is 18.1. The van der Waals surface area contributed by atoms with Gasteiger partial charge < -0.3 is 19.1 Å². The van der Waals surface area contributed by atoms with Gasteiger partial charge in [0.2, 0.25) is 5.95 Å². The lowest BCUT2D eigenvalue weighted by atomic mass is 9.79. The van der Waals surface area contributed by atoms with Gasteiger partial charge >= 0.3 is 0 Å². The van der Waals surface area contributed by atoms with E-state index in [2.05, 4.69) is 14.9 Å². The molecular formula is C19H28FN3O3. The van der Waals surface area contributed by atoms with Crippen molar-refractivity contribution in [2.75, 3.05) is 51.0 Å². The Labute approximate surface area is 154 Å². The molecule has 6 nitrogen and oxygen atoms in total. The van der Waals surface area contributed by atoms with E-state index in [0.717, 1.165) is 78.2 Å². The first-order chi connectivity index (χ1) is 12.7. The van der Waals surface area contributed by atoms with E-state index >= 15 is 0 Å². The first-order valence-corrected chi connectivity index (χ1v) is 9.74. The van der Waals surface area contributed by atoms with Crippen molar-refractivity contribution in [1.82, 2.24) is 9.97 Å². The lowest BCUT2D eigenvalue weighted by Gasteiger charge is -2.53. The molecule has 0 radical (unpaired) electrons. The molecule has 26 heavy (non-hydrogen) atoms. The van der Waals surface area contributed by atoms with Gasteiger partial charge in [0.25, 0.3) is 0 Å². The van der Waals surface area contributed by atoms with Crippen LogP contribution in [0.2, 0.25) is 0 Å². The molecule has 1 aromatic rings. The number of hydrogen-bond acceptors (Lipinski definition) is 6. The van der Waals surface area contributed by atoms with Crippen LogP contribution in [0.1, 0.15) is 32.1 Å². The molecule has 0 aromatic carbocycles. The summed E-state index contributed by atoms with van der Waals surface area (Å²) >= 11 is 0. The molecule has 0 unspecified atom stereocenters. The lowest BCUT2D eigenvalue weighted by Crippen LogP contribution is -2.66. The maximum absolute atomic E-state index is 13.0. The Morgan fingerprint density at radius 3 is 2.62 bits per heavy atom. The van der Waals surface area contributed by atoms with Crippen molar-refractivity contribution in [3.05, 3.63) is 18.2 Å². The number of nitrogens with zero attached hydrogens (tertiary/aromatic N) is 3. The molecule has 4 heterocycles. The molecule has 144 valence electrons. The van der Waals surface area contributed by atoms with Gasteiger partial charge in [0.05, 0.1) is 25.5 Å². The average molecular weight is 365 g/mol. The fourth-order valence-corrected chi connectivity index (χ4v) is 4.27. The maximum Gasteiger partial charge on any atom is 0.225 e. The van der Waals surface area contributed by atoms with E-state index in [4.69, 9.17) is 14.2 Å². The molecule has 3 fully saturated rings. The minimum absolute atomic E-state index is 0.0820. The van der Waals surface area contributed by atoms with Gasteiger partial charge in [-0.3, -0.25) is 0 Å². The van der Waals surface area contributed by atoms with Crippen LogP contribution >= 0.6 is 0 Å². The van der Waals surface area contributed by atoms with Crippen molar-refractivity contribution >= 4 is 5.95 Å². The van der Waals surface area contributed by atoms with Gasteiger partial charge in [0.15, 0.2) is 5.82 Å². The molecule has 0 amide bonds. The van der Waals surface area contributed by atoms with Gasteiger partial charge in [-0.15, -0.1) is 0 Å². The molecule has 1 aromatic heterocycles. The second-order valence-corrected chi connectivity index (χ2v) is 7.87. The van der Waals surface area contributed by atoms with Crippen LogP contribution in [0.5, 0.6) is 0 Å². The molecule has 1 atom stereocenters. The summed E-state index contributed by atoms with van der Waals surface area (Å²) < 4.78 is 30.4. The molecule has 3 aliphatic heterocycles. The standard InChI is InChI=1S/C19H28FN3O3/c20-17-10-21-18(22-11-17)23-13-19(14-23)9-15(4-8-26-19)1-7-25-12-16-2-5-24-6-3-16/h10-11,15-16H,1-9,12-14H2/t15-/m1/s1. The van der Waals surface area contributed by atoms with E-state index in [0.29, 0.717) is 17.8 Å². The third-order valence-electron chi connectivity index (χ3n) is 5.81. The van der Waals surface area contributed by atoms with Crippen LogP contribution in [-0.4, -0.2) is 61.7 Å². The minimum atomic E-state index is -0.404. The molecular weight excluding hydrogens is 337 g/mol. The summed E-state index contributed by atoms with van der Waals surface area (Å²) in [5, 5.41) is 0. The number of hydrogen-bond donors (Lipinski definition) is 0. The zero-order valence-electron chi connectivity index (χ0n) is 15.2. The predicted octanol–water partition coefficient (Wildman–Crippen LogP) is 2.43. The summed E-state index contributed by atoms with van der Waals surface area (Å²) in [6.07, 6.45) is 7.95. The monoisotopic (exact) mass is 365 g/mol. The highest BCUT2D eigenvalue weighted by Gasteiger charge is 2.48. The van der Waals surface area contributed by atoms with Crippen LogP contribution in [-0.2, 0) is 14.2 Å². The second kappa shape index (κ2) is 8.15. The molecule has 0 saturated carbocycles. The van der Waals surface area contributed by atoms with Crippen molar-refractivity contribution in [3.8, 4) is 0 Å². The Balaban J connectivity index is 1.18. The van der Waals surface area contributed by atoms with Crippen LogP contribution in [0.25, 0.3) is 0 Å². The van der Waals surface area contributed by atoms with E-state index in [9.17, 15) is 4.39 Å². The van der Waals surface area contributed by atoms with Crippen LogP contribution in [0, 0.1) is 17.7 Å². The normalized spacial score (nSPS) is 26.0. The van der Waals surface area contributed by atoms with Crippen LogP contribution in [0.3, 0.4) is 0 Å². The summed E-state index contributed by atoms with van der Waals surface area (Å²) in [7, 11) is 0. The summed E-state index contributed by atoms with van der Waals surface area (Å²) in [4.78, 5) is 10.2. The van der Waals surface area contributed by atoms with Crippen LogP contribution < -0.4 is 4.90 Å². The fraction of sp³-hybridized carbons (Fsp3) is 0.789. The largest absolute Gasteiger partial charge is 0.381 e. The predicted molar refractivity (Wildman–Crippen MR) is 94.6 cm³/mol. The Morgan fingerprint density at radius 1 is 1.12 bits per heavy atom. The number of halogens is 1. The molecule has 1 spiro atoms. The zero-order chi connectivity index (χ0) is 17.8. The summed E-state index contributed by atoms with van der Waals surface area (Å²) in [5.41, 5.74) is -0.0820. The number of rotatable bonds is 6. The fourth-order valence-electron chi connectivity index (χ4n) is 4.27. The third kappa shape index (κ3) is 4.32. The smallest absolute Gasteiger partial charge is 0.225 e. The molecule has 0 N–H and O–H groups in total. The Morgan fingerprint density at radius 2 is 1.85 bits per heavy atom. The number of anilines is 1. The highest BCUT2D eigenvalue weighted by atomic mass is 19.1. The van der Waals surface area contributed by atoms with Gasteiger partial charge in [0.1, 0.15) is 5.60 Å². The molecule has 0 bridgehead atoms. The van der Waals surface area contributed by atoms with E-state index in [1.807, 2.05) is 0 Å². The highest BCUT2D eigenvalue weighted by Crippen LogP contribution is 2.39. The Kier molecular flexibility index (Phi) is 5.66. The molecule has 3 aliphatic rings. The van der Waals surface area contributed by atoms with Gasteiger partial charge in [0, 0.05) is 33.0 Å². The summed E-state index contributed by atoms with van der Waals surface area (Å²) in [5.74, 6) is 1.50. The topological polar surface area (TPSA) is 56.7 Å². The third-order valence-corrected chi connectivity index (χ3v) is 5.81. The quantitative estimate of drug-likeness (QED) is 0.722. The SMILES string of the molecule is Fc1cnc(N2CC3(C[C@H](CCOCC4CCOCC4)CCO3)C2)nc1. The van der Waals surface area contributed by atoms with Crippen molar-refractivity contribution in [2.24, 2.45) is 11.8 Å². The Hall–Kier alpha value is -1.31. The summed E-state index contributed by atoms with van der Waals surface area (Å²) in [6.45, 7) is 5.85. The molecule has 3 saturated heterocycles. The molecule has 7 heteroatoms. The molecule has 0 aliphatic carbocycles. The zero-order valence-corrected chi connectivity index (χ0v) is 15.2. The molecule has 4 rings (SSSR count). The van der Waals surface area contributed by atoms with Gasteiger partial charge in [-0.2, -0.15) is 0 Å². The maximum atomic E-state index is 13.0. The van der Waals surface area contributed by atoms with Crippen LogP contribution in [0.15, 0.2) is 12.4 Å². The van der Waals surface area contributed by atoms with E-state index in [1.165, 1.54) is 12.4 Å². The second-order valence-electron chi connectivity index (χ2n) is 7.87. The van der Waals surface area contributed by atoms with Gasteiger partial charge in [-0.05, 0) is 43.9 Å². The minimum Gasteiger partial charge on any atom is -0.381 e. The van der Waals surface area contributed by atoms with Crippen molar-refractivity contribution in [1.29, 1.82) is 0 Å². The Bertz CT molecular complexity index is 574. The summed E-state index contributed by atoms with van der Waals surface area (Å²) in [6, 6.07) is 0. The van der Waals surface area contributed by atoms with E-state index < -0.39 is 5.82 Å². The van der Waals surface area contributed by atoms with Gasteiger partial charge in [-0.1, -0.05) is 0 Å². The van der Waals surface area contributed by atoms with E-state index in [1.54, 1.807) is 0 Å². The van der Waals surface area contributed by atoms with Crippen molar-refractivity contribution < 1.29 is 18.6 Å². The first-order valence-electron chi connectivity index (χ1n) is 9.74.